The average molecular weight is 423 g/mol. The summed E-state index contributed by atoms with van der Waals surface area (Å²) in [5, 5.41) is 3.79. The number of carbonyl (C=O) groups excluding carboxylic acids is 1. The normalized spacial score (nSPS) is 11.7. The number of hydrogen-bond acceptors (Lipinski definition) is 5. The van der Waals surface area contributed by atoms with Crippen molar-refractivity contribution >= 4 is 54.0 Å². The SMILES string of the molecule is Cc1ccc(C)c2sc(NC(=O)CCCS(=O)(=O)c3ccc(Cl)cc3)nc12. The zero-order valence-corrected chi connectivity index (χ0v) is 17.3. The van der Waals surface area contributed by atoms with Crippen LogP contribution in [0, 0.1) is 13.8 Å². The monoisotopic (exact) mass is 422 g/mol. The Morgan fingerprint density at radius 2 is 1.78 bits per heavy atom. The van der Waals surface area contributed by atoms with Crippen LogP contribution in [-0.4, -0.2) is 25.1 Å². The van der Waals surface area contributed by atoms with Gasteiger partial charge in [0.2, 0.25) is 5.91 Å². The number of aryl methyl sites for hydroxylation is 2. The maximum Gasteiger partial charge on any atom is 0.226 e. The highest BCUT2D eigenvalue weighted by atomic mass is 35.5. The summed E-state index contributed by atoms with van der Waals surface area (Å²) in [7, 11) is -3.43. The van der Waals surface area contributed by atoms with Gasteiger partial charge in [0.25, 0.3) is 0 Å². The molecule has 1 aromatic heterocycles. The second-order valence-electron chi connectivity index (χ2n) is 6.32. The minimum absolute atomic E-state index is 0.0971. The van der Waals surface area contributed by atoms with Crippen molar-refractivity contribution < 1.29 is 13.2 Å². The fourth-order valence-electron chi connectivity index (χ4n) is 2.68. The quantitative estimate of drug-likeness (QED) is 0.621. The average Bonchev–Trinajstić information content (AvgIpc) is 3.03. The summed E-state index contributed by atoms with van der Waals surface area (Å²) in [5.74, 6) is -0.337. The van der Waals surface area contributed by atoms with E-state index in [1.54, 1.807) is 0 Å². The Bertz CT molecular complexity index is 1050. The third-order valence-corrected chi connectivity index (χ3v) is 7.35. The van der Waals surface area contributed by atoms with Gasteiger partial charge in [0.05, 0.1) is 20.9 Å². The smallest absolute Gasteiger partial charge is 0.226 e. The minimum atomic E-state index is -3.43. The largest absolute Gasteiger partial charge is 0.302 e. The van der Waals surface area contributed by atoms with Crippen molar-refractivity contribution in [1.29, 1.82) is 0 Å². The number of amides is 1. The Labute approximate surface area is 167 Å². The van der Waals surface area contributed by atoms with E-state index in [0.717, 1.165) is 21.3 Å². The van der Waals surface area contributed by atoms with Crippen LogP contribution in [0.2, 0.25) is 5.02 Å². The molecule has 3 rings (SSSR count). The van der Waals surface area contributed by atoms with Crippen LogP contribution in [0.1, 0.15) is 24.0 Å². The van der Waals surface area contributed by atoms with Crippen molar-refractivity contribution in [2.24, 2.45) is 0 Å². The van der Waals surface area contributed by atoms with Gasteiger partial charge < -0.3 is 5.32 Å². The van der Waals surface area contributed by atoms with Crippen molar-refractivity contribution in [3.05, 3.63) is 52.5 Å². The second kappa shape index (κ2) is 7.96. The zero-order valence-electron chi connectivity index (χ0n) is 15.0. The van der Waals surface area contributed by atoms with Gasteiger partial charge in [-0.3, -0.25) is 4.79 Å². The number of fused-ring (bicyclic) bond motifs is 1. The second-order valence-corrected chi connectivity index (χ2v) is 9.87. The number of rotatable bonds is 6. The maximum atomic E-state index is 12.3. The van der Waals surface area contributed by atoms with Gasteiger partial charge in [0.15, 0.2) is 15.0 Å². The van der Waals surface area contributed by atoms with Crippen molar-refractivity contribution in [2.75, 3.05) is 11.1 Å². The lowest BCUT2D eigenvalue weighted by molar-refractivity contribution is -0.116. The molecular weight excluding hydrogens is 404 g/mol. The van der Waals surface area contributed by atoms with E-state index in [-0.39, 0.29) is 29.4 Å². The molecule has 0 bridgehead atoms. The fourth-order valence-corrected chi connectivity index (χ4v) is 5.14. The number of anilines is 1. The molecule has 2 aromatic carbocycles. The fraction of sp³-hybridized carbons (Fsp3) is 0.263. The van der Waals surface area contributed by atoms with E-state index >= 15 is 0 Å². The number of sulfone groups is 1. The first kappa shape index (κ1) is 19.8. The number of aromatic nitrogens is 1. The van der Waals surface area contributed by atoms with Crippen LogP contribution in [0.5, 0.6) is 0 Å². The molecule has 0 aliphatic heterocycles. The highest BCUT2D eigenvalue weighted by Gasteiger charge is 2.16. The topological polar surface area (TPSA) is 76.1 Å². The van der Waals surface area contributed by atoms with E-state index in [2.05, 4.69) is 10.3 Å². The molecule has 0 aliphatic carbocycles. The van der Waals surface area contributed by atoms with Crippen LogP contribution in [0.15, 0.2) is 41.3 Å². The van der Waals surface area contributed by atoms with Crippen LogP contribution in [-0.2, 0) is 14.6 Å². The number of nitrogens with one attached hydrogen (secondary N) is 1. The van der Waals surface area contributed by atoms with Crippen LogP contribution in [0.25, 0.3) is 10.2 Å². The molecule has 1 heterocycles. The molecule has 0 saturated carbocycles. The lowest BCUT2D eigenvalue weighted by atomic mass is 10.1. The molecule has 1 amide bonds. The van der Waals surface area contributed by atoms with E-state index in [1.807, 2.05) is 26.0 Å². The number of benzene rings is 2. The number of carbonyl (C=O) groups is 1. The molecule has 8 heteroatoms. The van der Waals surface area contributed by atoms with Gasteiger partial charge in [-0.05, 0) is 55.7 Å². The van der Waals surface area contributed by atoms with Crippen molar-refractivity contribution in [1.82, 2.24) is 4.98 Å². The molecule has 1 N–H and O–H groups in total. The van der Waals surface area contributed by atoms with Crippen LogP contribution in [0.3, 0.4) is 0 Å². The molecule has 0 unspecified atom stereocenters. The molecule has 0 spiro atoms. The minimum Gasteiger partial charge on any atom is -0.302 e. The van der Waals surface area contributed by atoms with Crippen LogP contribution in [0.4, 0.5) is 5.13 Å². The van der Waals surface area contributed by atoms with Crippen molar-refractivity contribution in [2.45, 2.75) is 31.6 Å². The molecule has 142 valence electrons. The lowest BCUT2D eigenvalue weighted by Crippen LogP contribution is -2.14. The third-order valence-electron chi connectivity index (χ3n) is 4.18. The first-order valence-electron chi connectivity index (χ1n) is 8.41. The lowest BCUT2D eigenvalue weighted by Gasteiger charge is -2.05. The summed E-state index contributed by atoms with van der Waals surface area (Å²) in [6, 6.07) is 10.1. The number of halogens is 1. The molecule has 0 aliphatic rings. The van der Waals surface area contributed by atoms with Crippen LogP contribution < -0.4 is 5.32 Å². The van der Waals surface area contributed by atoms with E-state index in [4.69, 9.17) is 11.6 Å². The zero-order chi connectivity index (χ0) is 19.6. The van der Waals surface area contributed by atoms with Gasteiger partial charge in [0, 0.05) is 11.4 Å². The molecule has 0 fully saturated rings. The predicted octanol–water partition coefficient (Wildman–Crippen LogP) is 4.76. The van der Waals surface area contributed by atoms with Crippen LogP contribution >= 0.6 is 22.9 Å². The third kappa shape index (κ3) is 4.66. The molecule has 3 aromatic rings. The Morgan fingerprint density at radius 1 is 1.11 bits per heavy atom. The van der Waals surface area contributed by atoms with Crippen molar-refractivity contribution in [3.63, 3.8) is 0 Å². The first-order valence-corrected chi connectivity index (χ1v) is 11.3. The molecule has 0 radical (unpaired) electrons. The van der Waals surface area contributed by atoms with E-state index in [9.17, 15) is 13.2 Å². The maximum absolute atomic E-state index is 12.3. The highest BCUT2D eigenvalue weighted by molar-refractivity contribution is 7.91. The summed E-state index contributed by atoms with van der Waals surface area (Å²) in [4.78, 5) is 16.9. The predicted molar refractivity (Wildman–Crippen MR) is 110 cm³/mol. The van der Waals surface area contributed by atoms with Gasteiger partial charge >= 0.3 is 0 Å². The van der Waals surface area contributed by atoms with E-state index in [0.29, 0.717) is 10.2 Å². The van der Waals surface area contributed by atoms with Gasteiger partial charge in [-0.2, -0.15) is 0 Å². The summed E-state index contributed by atoms with van der Waals surface area (Å²) >= 11 is 7.21. The highest BCUT2D eigenvalue weighted by Crippen LogP contribution is 2.31. The first-order chi connectivity index (χ1) is 12.8. The van der Waals surface area contributed by atoms with Gasteiger partial charge in [-0.25, -0.2) is 13.4 Å². The summed E-state index contributed by atoms with van der Waals surface area (Å²) in [6.07, 6.45) is 0.348. The molecule has 0 saturated heterocycles. The molecule has 27 heavy (non-hydrogen) atoms. The Morgan fingerprint density at radius 3 is 2.44 bits per heavy atom. The van der Waals surface area contributed by atoms with Gasteiger partial charge in [-0.15, -0.1) is 0 Å². The van der Waals surface area contributed by atoms with E-state index < -0.39 is 9.84 Å². The number of nitrogens with zero attached hydrogens (tertiary/aromatic N) is 1. The molecule has 0 atom stereocenters. The Hall–Kier alpha value is -1.96. The Kier molecular flexibility index (Phi) is 5.83. The summed E-state index contributed by atoms with van der Waals surface area (Å²) < 4.78 is 25.6. The number of thiazole rings is 1. The van der Waals surface area contributed by atoms with E-state index in [1.165, 1.54) is 35.6 Å². The standard InChI is InChI=1S/C19H19ClN2O3S2/c1-12-5-6-13(2)18-17(12)22-19(26-18)21-16(23)4-3-11-27(24,25)15-9-7-14(20)8-10-15/h5-10H,3-4,11H2,1-2H3,(H,21,22,23). The molecule has 5 nitrogen and oxygen atoms in total. The summed E-state index contributed by atoms with van der Waals surface area (Å²) in [6.45, 7) is 3.99. The summed E-state index contributed by atoms with van der Waals surface area (Å²) in [5.41, 5.74) is 3.06. The Balaban J connectivity index is 1.59. The van der Waals surface area contributed by atoms with Crippen molar-refractivity contribution in [3.8, 4) is 0 Å². The van der Waals surface area contributed by atoms with Gasteiger partial charge in [-0.1, -0.05) is 35.1 Å². The number of hydrogen-bond donors (Lipinski definition) is 1. The van der Waals surface area contributed by atoms with Gasteiger partial charge in [0.1, 0.15) is 0 Å². The molecular formula is C19H19ClN2O3S2.